The smallest absolute Gasteiger partial charge is 0.136 e. The molecule has 3 N–H and O–H groups in total. The Kier molecular flexibility index (Phi) is 4.30. The minimum absolute atomic E-state index is 0.156. The Hall–Kier alpha value is -2.43. The molecule has 0 fully saturated rings. The molecular formula is C15H17FN4. The van der Waals surface area contributed by atoms with Crippen molar-refractivity contribution in [3.05, 3.63) is 59.7 Å². The summed E-state index contributed by atoms with van der Waals surface area (Å²) >= 11 is 0. The van der Waals surface area contributed by atoms with Crippen LogP contribution < -0.4 is 10.6 Å². The van der Waals surface area contributed by atoms with Gasteiger partial charge in [-0.25, -0.2) is 4.39 Å². The zero-order chi connectivity index (χ0) is 14.5. The summed E-state index contributed by atoms with van der Waals surface area (Å²) in [6.45, 7) is 3.28. The number of nitrogen functional groups attached to an aromatic ring is 1. The van der Waals surface area contributed by atoms with Gasteiger partial charge in [0.15, 0.2) is 0 Å². The number of rotatable bonds is 5. The number of benzene rings is 1. The molecule has 2 rings (SSSR count). The summed E-state index contributed by atoms with van der Waals surface area (Å²) in [5.41, 5.74) is 7.37. The maximum atomic E-state index is 13.9. The molecule has 0 aliphatic heterocycles. The average molecular weight is 272 g/mol. The van der Waals surface area contributed by atoms with Gasteiger partial charge in [0, 0.05) is 25.5 Å². The molecule has 5 heteroatoms. The Labute approximate surface area is 117 Å². The van der Waals surface area contributed by atoms with Crippen molar-refractivity contribution in [2.24, 2.45) is 5.73 Å². The molecule has 1 heterocycles. The molecule has 1 aromatic carbocycles. The Morgan fingerprint density at radius 3 is 2.60 bits per heavy atom. The fourth-order valence-electron chi connectivity index (χ4n) is 2.12. The van der Waals surface area contributed by atoms with E-state index in [-0.39, 0.29) is 11.4 Å². The third-order valence-corrected chi connectivity index (χ3v) is 3.11. The summed E-state index contributed by atoms with van der Waals surface area (Å²) in [5.74, 6) is -0.727. The van der Waals surface area contributed by atoms with E-state index < -0.39 is 5.82 Å². The van der Waals surface area contributed by atoms with Crippen molar-refractivity contribution >= 4 is 11.5 Å². The van der Waals surface area contributed by atoms with Crippen LogP contribution in [0, 0.1) is 11.2 Å². The summed E-state index contributed by atoms with van der Waals surface area (Å²) in [7, 11) is 0. The van der Waals surface area contributed by atoms with Gasteiger partial charge in [-0.15, -0.1) is 0 Å². The molecule has 0 radical (unpaired) electrons. The number of amidine groups is 1. The standard InChI is InChI=1S/C15H17FN4/c1-2-20(10-11-6-8-19-9-7-11)13-5-3-4-12(16)14(13)15(17)18/h3-9H,2,10H2,1H3,(H3,17,18). The lowest BCUT2D eigenvalue weighted by atomic mass is 10.1. The molecule has 1 aromatic heterocycles. The van der Waals surface area contributed by atoms with E-state index in [1.54, 1.807) is 24.5 Å². The highest BCUT2D eigenvalue weighted by molar-refractivity contribution is 6.00. The largest absolute Gasteiger partial charge is 0.384 e. The van der Waals surface area contributed by atoms with Crippen LogP contribution in [0.1, 0.15) is 18.1 Å². The highest BCUT2D eigenvalue weighted by atomic mass is 19.1. The molecule has 4 nitrogen and oxygen atoms in total. The van der Waals surface area contributed by atoms with Crippen LogP contribution in [0.5, 0.6) is 0 Å². The van der Waals surface area contributed by atoms with Crippen LogP contribution in [-0.2, 0) is 6.54 Å². The Morgan fingerprint density at radius 1 is 1.30 bits per heavy atom. The molecule has 20 heavy (non-hydrogen) atoms. The van der Waals surface area contributed by atoms with Gasteiger partial charge in [0.25, 0.3) is 0 Å². The first-order chi connectivity index (χ1) is 9.63. The summed E-state index contributed by atoms with van der Waals surface area (Å²) in [6, 6.07) is 8.56. The minimum Gasteiger partial charge on any atom is -0.384 e. The van der Waals surface area contributed by atoms with Crippen LogP contribution >= 0.6 is 0 Å². The van der Waals surface area contributed by atoms with Crippen molar-refractivity contribution < 1.29 is 4.39 Å². The second-order valence-corrected chi connectivity index (χ2v) is 4.42. The fourth-order valence-corrected chi connectivity index (χ4v) is 2.12. The van der Waals surface area contributed by atoms with Crippen LogP contribution in [0.2, 0.25) is 0 Å². The second-order valence-electron chi connectivity index (χ2n) is 4.42. The molecule has 104 valence electrons. The van der Waals surface area contributed by atoms with Gasteiger partial charge < -0.3 is 10.6 Å². The van der Waals surface area contributed by atoms with Crippen LogP contribution in [-0.4, -0.2) is 17.4 Å². The highest BCUT2D eigenvalue weighted by Crippen LogP contribution is 2.24. The summed E-state index contributed by atoms with van der Waals surface area (Å²) in [6.07, 6.45) is 3.45. The third-order valence-electron chi connectivity index (χ3n) is 3.11. The Balaban J connectivity index is 2.37. The summed E-state index contributed by atoms with van der Waals surface area (Å²) < 4.78 is 13.9. The molecular weight excluding hydrogens is 255 g/mol. The molecule has 0 unspecified atom stereocenters. The van der Waals surface area contributed by atoms with E-state index in [4.69, 9.17) is 11.1 Å². The average Bonchev–Trinajstić information content (AvgIpc) is 2.45. The monoisotopic (exact) mass is 272 g/mol. The first kappa shape index (κ1) is 14.0. The maximum Gasteiger partial charge on any atom is 0.136 e. The van der Waals surface area contributed by atoms with Gasteiger partial charge in [-0.3, -0.25) is 10.4 Å². The second kappa shape index (κ2) is 6.14. The first-order valence-corrected chi connectivity index (χ1v) is 6.40. The van der Waals surface area contributed by atoms with E-state index >= 15 is 0 Å². The van der Waals surface area contributed by atoms with Crippen LogP contribution in [0.25, 0.3) is 0 Å². The highest BCUT2D eigenvalue weighted by Gasteiger charge is 2.16. The molecule has 0 atom stereocenters. The zero-order valence-electron chi connectivity index (χ0n) is 11.3. The van der Waals surface area contributed by atoms with Crippen molar-refractivity contribution in [1.82, 2.24) is 4.98 Å². The number of hydrogen-bond donors (Lipinski definition) is 2. The predicted octanol–water partition coefficient (Wildman–Crippen LogP) is 2.53. The number of pyridine rings is 1. The predicted molar refractivity (Wildman–Crippen MR) is 78.4 cm³/mol. The number of halogens is 1. The van der Waals surface area contributed by atoms with Crippen LogP contribution in [0.4, 0.5) is 10.1 Å². The topological polar surface area (TPSA) is 66.0 Å². The van der Waals surface area contributed by atoms with E-state index in [0.29, 0.717) is 18.8 Å². The zero-order valence-corrected chi connectivity index (χ0v) is 11.3. The van der Waals surface area contributed by atoms with Crippen molar-refractivity contribution in [3.8, 4) is 0 Å². The number of nitrogens with zero attached hydrogens (tertiary/aromatic N) is 2. The normalized spacial score (nSPS) is 10.3. The van der Waals surface area contributed by atoms with E-state index in [1.165, 1.54) is 6.07 Å². The van der Waals surface area contributed by atoms with Crippen molar-refractivity contribution in [2.45, 2.75) is 13.5 Å². The lowest BCUT2D eigenvalue weighted by molar-refractivity contribution is 0.623. The van der Waals surface area contributed by atoms with E-state index in [9.17, 15) is 4.39 Å². The van der Waals surface area contributed by atoms with Crippen molar-refractivity contribution in [1.29, 1.82) is 5.41 Å². The molecule has 0 bridgehead atoms. The van der Waals surface area contributed by atoms with Gasteiger partial charge in [-0.2, -0.15) is 0 Å². The van der Waals surface area contributed by atoms with Gasteiger partial charge >= 0.3 is 0 Å². The Morgan fingerprint density at radius 2 is 2.00 bits per heavy atom. The van der Waals surface area contributed by atoms with Gasteiger partial charge in [0.05, 0.1) is 11.3 Å². The van der Waals surface area contributed by atoms with E-state index in [1.807, 2.05) is 24.0 Å². The van der Waals surface area contributed by atoms with Crippen LogP contribution in [0.15, 0.2) is 42.7 Å². The molecule has 0 spiro atoms. The maximum absolute atomic E-state index is 13.9. The van der Waals surface area contributed by atoms with Gasteiger partial charge in [-0.1, -0.05) is 6.07 Å². The quantitative estimate of drug-likeness (QED) is 0.649. The summed E-state index contributed by atoms with van der Waals surface area (Å²) in [4.78, 5) is 5.96. The first-order valence-electron chi connectivity index (χ1n) is 6.40. The lowest BCUT2D eigenvalue weighted by Crippen LogP contribution is -2.26. The van der Waals surface area contributed by atoms with Gasteiger partial charge in [0.1, 0.15) is 11.7 Å². The van der Waals surface area contributed by atoms with E-state index in [0.717, 1.165) is 5.56 Å². The number of hydrogen-bond acceptors (Lipinski definition) is 3. The fraction of sp³-hybridized carbons (Fsp3) is 0.200. The molecule has 2 aromatic rings. The van der Waals surface area contributed by atoms with Gasteiger partial charge in [0.2, 0.25) is 0 Å². The third kappa shape index (κ3) is 2.93. The number of nitrogens with one attached hydrogen (secondary N) is 1. The number of nitrogens with two attached hydrogens (primary N) is 1. The Bertz CT molecular complexity index is 598. The van der Waals surface area contributed by atoms with E-state index in [2.05, 4.69) is 4.98 Å². The SMILES string of the molecule is CCN(Cc1ccncc1)c1cccc(F)c1C(=N)N. The van der Waals surface area contributed by atoms with Crippen LogP contribution in [0.3, 0.4) is 0 Å². The summed E-state index contributed by atoms with van der Waals surface area (Å²) in [5, 5.41) is 7.57. The molecule has 0 saturated carbocycles. The molecule has 0 aliphatic rings. The lowest BCUT2D eigenvalue weighted by Gasteiger charge is -2.25. The van der Waals surface area contributed by atoms with Crippen molar-refractivity contribution in [3.63, 3.8) is 0 Å². The molecule has 0 saturated heterocycles. The number of anilines is 1. The minimum atomic E-state index is -0.469. The molecule has 0 amide bonds. The number of aromatic nitrogens is 1. The van der Waals surface area contributed by atoms with Crippen molar-refractivity contribution in [2.75, 3.05) is 11.4 Å². The van der Waals surface area contributed by atoms with Gasteiger partial charge in [-0.05, 0) is 36.8 Å². The molecule has 0 aliphatic carbocycles.